The molecule has 1 aliphatic carbocycles. The van der Waals surface area contributed by atoms with Gasteiger partial charge in [-0.1, -0.05) is 44.7 Å². The van der Waals surface area contributed by atoms with E-state index in [-0.39, 0.29) is 22.9 Å². The molecule has 0 saturated heterocycles. The molecule has 9 heteroatoms. The van der Waals surface area contributed by atoms with E-state index >= 15 is 0 Å². The first-order valence-electron chi connectivity index (χ1n) is 11.9. The third-order valence-corrected chi connectivity index (χ3v) is 6.81. The van der Waals surface area contributed by atoms with Crippen molar-refractivity contribution in [3.8, 4) is 0 Å². The molecule has 188 valence electrons. The molecule has 8 nitrogen and oxygen atoms in total. The summed E-state index contributed by atoms with van der Waals surface area (Å²) in [7, 11) is 0. The molecule has 1 aliphatic rings. The lowest BCUT2D eigenvalue weighted by molar-refractivity contribution is -0.384. The third-order valence-electron chi connectivity index (χ3n) is 6.44. The predicted molar refractivity (Wildman–Crippen MR) is 137 cm³/mol. The fourth-order valence-electron chi connectivity index (χ4n) is 4.32. The van der Waals surface area contributed by atoms with Crippen LogP contribution in [0.15, 0.2) is 42.5 Å². The van der Waals surface area contributed by atoms with Crippen LogP contribution in [-0.2, 0) is 11.3 Å². The van der Waals surface area contributed by atoms with Crippen molar-refractivity contribution in [2.45, 2.75) is 52.5 Å². The van der Waals surface area contributed by atoms with Gasteiger partial charge in [-0.2, -0.15) is 0 Å². The SMILES string of the molecule is CC(C)(CN)CN(Cc1cc(NC(=O)c2ccc([N+](=O)[O-])cc2)ccc1Cl)C(=O)C1CCCCC1. The number of anilines is 1. The van der Waals surface area contributed by atoms with Crippen molar-refractivity contribution in [3.05, 3.63) is 68.7 Å². The van der Waals surface area contributed by atoms with Gasteiger partial charge in [0.15, 0.2) is 0 Å². The average Bonchev–Trinajstić information content (AvgIpc) is 2.85. The van der Waals surface area contributed by atoms with E-state index in [1.807, 2.05) is 18.7 Å². The maximum Gasteiger partial charge on any atom is 0.269 e. The summed E-state index contributed by atoms with van der Waals surface area (Å²) in [6.45, 7) is 5.35. The number of hydrogen-bond acceptors (Lipinski definition) is 5. The van der Waals surface area contributed by atoms with Gasteiger partial charge >= 0.3 is 0 Å². The lowest BCUT2D eigenvalue weighted by Crippen LogP contribution is -2.44. The van der Waals surface area contributed by atoms with Gasteiger partial charge < -0.3 is 16.0 Å². The Morgan fingerprint density at radius 2 is 1.80 bits per heavy atom. The van der Waals surface area contributed by atoms with E-state index in [4.69, 9.17) is 17.3 Å². The van der Waals surface area contributed by atoms with E-state index in [2.05, 4.69) is 5.32 Å². The van der Waals surface area contributed by atoms with Gasteiger partial charge in [-0.3, -0.25) is 19.7 Å². The van der Waals surface area contributed by atoms with Crippen molar-refractivity contribution in [2.75, 3.05) is 18.4 Å². The zero-order valence-electron chi connectivity index (χ0n) is 20.3. The molecule has 0 spiro atoms. The number of benzene rings is 2. The normalized spacial score (nSPS) is 14.4. The van der Waals surface area contributed by atoms with Gasteiger partial charge in [0.2, 0.25) is 5.91 Å². The summed E-state index contributed by atoms with van der Waals surface area (Å²) in [6, 6.07) is 10.5. The second-order valence-corrected chi connectivity index (χ2v) is 10.4. The molecule has 3 N–H and O–H groups in total. The number of nitrogens with one attached hydrogen (secondary N) is 1. The number of rotatable bonds is 9. The Labute approximate surface area is 211 Å². The Balaban J connectivity index is 1.79. The monoisotopic (exact) mass is 500 g/mol. The molecule has 0 atom stereocenters. The first-order valence-corrected chi connectivity index (χ1v) is 12.3. The second-order valence-electron chi connectivity index (χ2n) is 9.96. The van der Waals surface area contributed by atoms with Gasteiger partial charge in [-0.15, -0.1) is 0 Å². The minimum Gasteiger partial charge on any atom is -0.337 e. The summed E-state index contributed by atoms with van der Waals surface area (Å²) in [5, 5.41) is 14.2. The molecule has 2 aromatic rings. The highest BCUT2D eigenvalue weighted by Gasteiger charge is 2.30. The Hall–Kier alpha value is -2.97. The minimum absolute atomic E-state index is 0.0149. The maximum absolute atomic E-state index is 13.5. The number of halogens is 1. The van der Waals surface area contributed by atoms with Crippen molar-refractivity contribution in [3.63, 3.8) is 0 Å². The molecule has 1 fully saturated rings. The van der Waals surface area contributed by atoms with Crippen LogP contribution in [0.2, 0.25) is 5.02 Å². The van der Waals surface area contributed by atoms with Crippen LogP contribution >= 0.6 is 11.6 Å². The molecule has 0 aliphatic heterocycles. The topological polar surface area (TPSA) is 119 Å². The van der Waals surface area contributed by atoms with Crippen LogP contribution in [0.5, 0.6) is 0 Å². The maximum atomic E-state index is 13.5. The molecule has 2 amide bonds. The van der Waals surface area contributed by atoms with Gasteiger partial charge in [-0.05, 0) is 60.7 Å². The summed E-state index contributed by atoms with van der Waals surface area (Å²) < 4.78 is 0. The van der Waals surface area contributed by atoms with Gasteiger partial charge in [0.1, 0.15) is 0 Å². The lowest BCUT2D eigenvalue weighted by atomic mass is 9.86. The molecular formula is C26H33ClN4O4. The quantitative estimate of drug-likeness (QED) is 0.353. The fraction of sp³-hybridized carbons (Fsp3) is 0.462. The highest BCUT2D eigenvalue weighted by atomic mass is 35.5. The van der Waals surface area contributed by atoms with Gasteiger partial charge in [0.25, 0.3) is 11.6 Å². The highest BCUT2D eigenvalue weighted by molar-refractivity contribution is 6.31. The molecule has 0 unspecified atom stereocenters. The summed E-state index contributed by atoms with van der Waals surface area (Å²) in [5.41, 5.74) is 7.18. The van der Waals surface area contributed by atoms with Gasteiger partial charge in [0, 0.05) is 47.4 Å². The number of non-ortho nitro benzene ring substituents is 1. The van der Waals surface area contributed by atoms with Crippen LogP contribution in [0.3, 0.4) is 0 Å². The molecule has 0 radical (unpaired) electrons. The summed E-state index contributed by atoms with van der Waals surface area (Å²) in [5.74, 6) is -0.253. The van der Waals surface area contributed by atoms with Crippen molar-refractivity contribution in [2.24, 2.45) is 17.1 Å². The summed E-state index contributed by atoms with van der Waals surface area (Å²) in [6.07, 6.45) is 5.10. The number of amides is 2. The van der Waals surface area contributed by atoms with Crippen LogP contribution in [0.25, 0.3) is 0 Å². The van der Waals surface area contributed by atoms with Crippen LogP contribution in [-0.4, -0.2) is 34.7 Å². The van der Waals surface area contributed by atoms with Crippen LogP contribution in [0, 0.1) is 21.4 Å². The van der Waals surface area contributed by atoms with Crippen LogP contribution in [0.4, 0.5) is 11.4 Å². The number of carbonyl (C=O) groups is 2. The zero-order valence-corrected chi connectivity index (χ0v) is 21.0. The van der Waals surface area contributed by atoms with Gasteiger partial charge in [-0.25, -0.2) is 0 Å². The highest BCUT2D eigenvalue weighted by Crippen LogP contribution is 2.30. The summed E-state index contributed by atoms with van der Waals surface area (Å²) >= 11 is 6.50. The minimum atomic E-state index is -0.514. The molecule has 35 heavy (non-hydrogen) atoms. The third kappa shape index (κ3) is 7.26. The molecule has 0 bridgehead atoms. The Morgan fingerprint density at radius 1 is 1.14 bits per heavy atom. The van der Waals surface area contributed by atoms with E-state index in [1.165, 1.54) is 30.7 Å². The number of nitrogens with two attached hydrogens (primary N) is 1. The number of nitrogens with zero attached hydrogens (tertiary/aromatic N) is 2. The first kappa shape index (κ1) is 26.6. The molecule has 0 aromatic heterocycles. The van der Waals surface area contributed by atoms with E-state index < -0.39 is 10.8 Å². The van der Waals surface area contributed by atoms with E-state index in [0.717, 1.165) is 31.2 Å². The number of hydrogen-bond donors (Lipinski definition) is 2. The average molecular weight is 501 g/mol. The lowest BCUT2D eigenvalue weighted by Gasteiger charge is -2.35. The van der Waals surface area contributed by atoms with E-state index in [0.29, 0.717) is 35.9 Å². The molecular weight excluding hydrogens is 468 g/mol. The number of nitro groups is 1. The Morgan fingerprint density at radius 3 is 2.40 bits per heavy atom. The smallest absolute Gasteiger partial charge is 0.269 e. The van der Waals surface area contributed by atoms with Gasteiger partial charge in [0.05, 0.1) is 4.92 Å². The van der Waals surface area contributed by atoms with Crippen molar-refractivity contribution < 1.29 is 14.5 Å². The summed E-state index contributed by atoms with van der Waals surface area (Å²) in [4.78, 5) is 38.3. The Kier molecular flexibility index (Phi) is 8.86. The standard InChI is InChI=1S/C26H33ClN4O4/c1-26(2,16-28)17-30(25(33)19-6-4-3-5-7-19)15-20-14-21(10-13-23(20)27)29-24(32)18-8-11-22(12-9-18)31(34)35/h8-14,19H,3-7,15-17,28H2,1-2H3,(H,29,32). The molecule has 1 saturated carbocycles. The zero-order chi connectivity index (χ0) is 25.6. The number of nitro benzene ring substituents is 1. The predicted octanol–water partition coefficient (Wildman–Crippen LogP) is 5.39. The first-order chi connectivity index (χ1) is 16.6. The van der Waals surface area contributed by atoms with Crippen molar-refractivity contribution in [1.82, 2.24) is 4.90 Å². The molecule has 0 heterocycles. The Bertz CT molecular complexity index is 1070. The largest absolute Gasteiger partial charge is 0.337 e. The second kappa shape index (κ2) is 11.6. The fourth-order valence-corrected chi connectivity index (χ4v) is 4.50. The molecule has 3 rings (SSSR count). The number of carbonyl (C=O) groups excluding carboxylic acids is 2. The van der Waals surface area contributed by atoms with Crippen molar-refractivity contribution >= 4 is 34.8 Å². The van der Waals surface area contributed by atoms with Crippen LogP contribution in [0.1, 0.15) is 61.9 Å². The molecule has 2 aromatic carbocycles. The van der Waals surface area contributed by atoms with Crippen LogP contribution < -0.4 is 11.1 Å². The van der Waals surface area contributed by atoms with E-state index in [9.17, 15) is 19.7 Å². The van der Waals surface area contributed by atoms with E-state index in [1.54, 1.807) is 18.2 Å². The van der Waals surface area contributed by atoms with Crippen molar-refractivity contribution in [1.29, 1.82) is 0 Å².